The van der Waals surface area contributed by atoms with E-state index in [4.69, 9.17) is 0 Å². The fraction of sp³-hybridized carbons (Fsp3) is 1.00. The molecule has 17 heavy (non-hydrogen) atoms. The molecule has 0 radical (unpaired) electrons. The van der Waals surface area contributed by atoms with Gasteiger partial charge < -0.3 is 5.32 Å². The molecule has 1 fully saturated rings. The van der Waals surface area contributed by atoms with Gasteiger partial charge in [-0.05, 0) is 25.9 Å². The van der Waals surface area contributed by atoms with Crippen molar-refractivity contribution in [2.24, 2.45) is 0 Å². The molecule has 1 rings (SSSR count). The van der Waals surface area contributed by atoms with Crippen LogP contribution in [0, 0.1) is 0 Å². The lowest BCUT2D eigenvalue weighted by atomic mass is 10.0. The number of hydrogen-bond acceptors (Lipinski definition) is 2. The van der Waals surface area contributed by atoms with Gasteiger partial charge in [0.2, 0.25) is 0 Å². The summed E-state index contributed by atoms with van der Waals surface area (Å²) in [5.41, 5.74) is 0. The Labute approximate surface area is 104 Å². The second kappa shape index (κ2) is 7.27. The molecule has 0 saturated carbocycles. The molecule has 0 aliphatic carbocycles. The molecular weight excluding hydrogens is 222 g/mol. The van der Waals surface area contributed by atoms with E-state index in [-0.39, 0.29) is 12.8 Å². The zero-order valence-electron chi connectivity index (χ0n) is 11.1. The fourth-order valence-electron chi connectivity index (χ4n) is 2.50. The van der Waals surface area contributed by atoms with Crippen LogP contribution in [-0.2, 0) is 0 Å². The molecule has 1 unspecified atom stereocenters. The lowest BCUT2D eigenvalue weighted by Crippen LogP contribution is -2.45. The molecule has 102 valence electrons. The summed E-state index contributed by atoms with van der Waals surface area (Å²) < 4.78 is 26.2. The highest BCUT2D eigenvalue weighted by molar-refractivity contribution is 4.82. The molecule has 1 N–H and O–H groups in total. The van der Waals surface area contributed by atoms with Crippen LogP contribution in [0.15, 0.2) is 0 Å². The van der Waals surface area contributed by atoms with E-state index < -0.39 is 5.92 Å². The Morgan fingerprint density at radius 1 is 1.18 bits per heavy atom. The number of rotatable bonds is 7. The lowest BCUT2D eigenvalue weighted by Gasteiger charge is -2.37. The molecule has 1 heterocycles. The summed E-state index contributed by atoms with van der Waals surface area (Å²) in [6, 6.07) is 0.482. The van der Waals surface area contributed by atoms with Gasteiger partial charge in [0.15, 0.2) is 0 Å². The molecule has 1 saturated heterocycles. The van der Waals surface area contributed by atoms with E-state index in [1.165, 1.54) is 0 Å². The molecule has 0 bridgehead atoms. The average molecular weight is 248 g/mol. The van der Waals surface area contributed by atoms with Crippen molar-refractivity contribution in [3.05, 3.63) is 0 Å². The lowest BCUT2D eigenvalue weighted by molar-refractivity contribution is -0.0641. The number of halogens is 2. The predicted octanol–water partition coefficient (Wildman–Crippen LogP) is 2.89. The number of nitrogens with one attached hydrogen (secondary N) is 1. The van der Waals surface area contributed by atoms with E-state index in [0.717, 1.165) is 32.4 Å². The second-order valence-electron chi connectivity index (χ2n) is 4.98. The van der Waals surface area contributed by atoms with Gasteiger partial charge in [-0.3, -0.25) is 4.90 Å². The standard InChI is InChI=1S/C13H26F2N2/c1-3-5-12(6-9-16-4-2)17-10-7-13(14,15)8-11-17/h12,16H,3-11H2,1-2H3. The molecule has 0 aromatic rings. The summed E-state index contributed by atoms with van der Waals surface area (Å²) in [4.78, 5) is 2.26. The molecule has 4 heteroatoms. The molecule has 1 atom stereocenters. The van der Waals surface area contributed by atoms with Gasteiger partial charge in [0.25, 0.3) is 5.92 Å². The summed E-state index contributed by atoms with van der Waals surface area (Å²) in [7, 11) is 0. The quantitative estimate of drug-likeness (QED) is 0.697. The Bertz CT molecular complexity index is 200. The normalized spacial score (nSPS) is 22.6. The van der Waals surface area contributed by atoms with Gasteiger partial charge in [-0.1, -0.05) is 20.3 Å². The molecule has 0 amide bonds. The molecular formula is C13H26F2N2. The van der Waals surface area contributed by atoms with Crippen molar-refractivity contribution in [2.45, 2.75) is 57.9 Å². The summed E-state index contributed by atoms with van der Waals surface area (Å²) in [6.45, 7) is 7.35. The van der Waals surface area contributed by atoms with Gasteiger partial charge in [0, 0.05) is 32.0 Å². The minimum Gasteiger partial charge on any atom is -0.317 e. The van der Waals surface area contributed by atoms with Crippen molar-refractivity contribution in [3.8, 4) is 0 Å². The number of hydrogen-bond donors (Lipinski definition) is 1. The maximum atomic E-state index is 13.1. The van der Waals surface area contributed by atoms with Crippen LogP contribution in [0.1, 0.15) is 46.0 Å². The van der Waals surface area contributed by atoms with Gasteiger partial charge >= 0.3 is 0 Å². The number of piperidine rings is 1. The van der Waals surface area contributed by atoms with Crippen LogP contribution < -0.4 is 5.32 Å². The minimum absolute atomic E-state index is 0.0361. The largest absolute Gasteiger partial charge is 0.317 e. The monoisotopic (exact) mass is 248 g/mol. The minimum atomic E-state index is -2.42. The summed E-state index contributed by atoms with van der Waals surface area (Å²) >= 11 is 0. The SMILES string of the molecule is CCCC(CCNCC)N1CCC(F)(F)CC1. The average Bonchev–Trinajstić information content (AvgIpc) is 2.28. The van der Waals surface area contributed by atoms with Gasteiger partial charge in [-0.25, -0.2) is 8.78 Å². The Morgan fingerprint density at radius 2 is 1.82 bits per heavy atom. The van der Waals surface area contributed by atoms with E-state index in [2.05, 4.69) is 24.1 Å². The molecule has 2 nitrogen and oxygen atoms in total. The van der Waals surface area contributed by atoms with Crippen molar-refractivity contribution in [2.75, 3.05) is 26.2 Å². The molecule has 0 aromatic heterocycles. The van der Waals surface area contributed by atoms with E-state index >= 15 is 0 Å². The van der Waals surface area contributed by atoms with E-state index in [1.54, 1.807) is 0 Å². The maximum absolute atomic E-state index is 13.1. The number of alkyl halides is 2. The molecule has 0 aromatic carbocycles. The van der Waals surface area contributed by atoms with Crippen LogP contribution in [0.2, 0.25) is 0 Å². The third kappa shape index (κ3) is 5.30. The summed E-state index contributed by atoms with van der Waals surface area (Å²) in [5.74, 6) is -2.42. The van der Waals surface area contributed by atoms with Crippen molar-refractivity contribution in [3.63, 3.8) is 0 Å². The first-order chi connectivity index (χ1) is 8.09. The first-order valence-corrected chi connectivity index (χ1v) is 6.91. The van der Waals surface area contributed by atoms with Gasteiger partial charge in [-0.15, -0.1) is 0 Å². The maximum Gasteiger partial charge on any atom is 0.250 e. The zero-order valence-corrected chi connectivity index (χ0v) is 11.1. The van der Waals surface area contributed by atoms with E-state index in [9.17, 15) is 8.78 Å². The van der Waals surface area contributed by atoms with Crippen LogP contribution in [0.4, 0.5) is 8.78 Å². The molecule has 1 aliphatic rings. The first kappa shape index (κ1) is 14.8. The zero-order chi connectivity index (χ0) is 12.7. The van der Waals surface area contributed by atoms with Gasteiger partial charge in [0.05, 0.1) is 0 Å². The van der Waals surface area contributed by atoms with Gasteiger partial charge in [-0.2, -0.15) is 0 Å². The molecule has 1 aliphatic heterocycles. The predicted molar refractivity (Wildman–Crippen MR) is 67.6 cm³/mol. The third-order valence-electron chi connectivity index (χ3n) is 3.57. The fourth-order valence-corrected chi connectivity index (χ4v) is 2.50. The Hall–Kier alpha value is -0.220. The second-order valence-corrected chi connectivity index (χ2v) is 4.98. The smallest absolute Gasteiger partial charge is 0.250 e. The summed E-state index contributed by atoms with van der Waals surface area (Å²) in [6.07, 6.45) is 3.40. The van der Waals surface area contributed by atoms with E-state index in [1.807, 2.05) is 0 Å². The Kier molecular flexibility index (Phi) is 6.34. The highest BCUT2D eigenvalue weighted by atomic mass is 19.3. The topological polar surface area (TPSA) is 15.3 Å². The highest BCUT2D eigenvalue weighted by Gasteiger charge is 2.35. The van der Waals surface area contributed by atoms with Crippen molar-refractivity contribution in [1.29, 1.82) is 0 Å². The van der Waals surface area contributed by atoms with Crippen molar-refractivity contribution >= 4 is 0 Å². The van der Waals surface area contributed by atoms with Crippen LogP contribution in [0.5, 0.6) is 0 Å². The van der Waals surface area contributed by atoms with Crippen LogP contribution >= 0.6 is 0 Å². The Morgan fingerprint density at radius 3 is 2.35 bits per heavy atom. The van der Waals surface area contributed by atoms with Crippen LogP contribution in [-0.4, -0.2) is 43.0 Å². The highest BCUT2D eigenvalue weighted by Crippen LogP contribution is 2.29. The third-order valence-corrected chi connectivity index (χ3v) is 3.57. The van der Waals surface area contributed by atoms with Crippen LogP contribution in [0.25, 0.3) is 0 Å². The van der Waals surface area contributed by atoms with E-state index in [0.29, 0.717) is 19.1 Å². The van der Waals surface area contributed by atoms with Crippen molar-refractivity contribution in [1.82, 2.24) is 10.2 Å². The molecule has 0 spiro atoms. The summed E-state index contributed by atoms with van der Waals surface area (Å²) in [5, 5.41) is 3.32. The Balaban J connectivity index is 2.36. The van der Waals surface area contributed by atoms with Crippen molar-refractivity contribution < 1.29 is 8.78 Å². The van der Waals surface area contributed by atoms with Gasteiger partial charge in [0.1, 0.15) is 0 Å². The number of likely N-dealkylation sites (tertiary alicyclic amines) is 1. The first-order valence-electron chi connectivity index (χ1n) is 6.91. The number of nitrogens with zero attached hydrogens (tertiary/aromatic N) is 1. The van der Waals surface area contributed by atoms with Crippen LogP contribution in [0.3, 0.4) is 0 Å².